The zero-order valence-electron chi connectivity index (χ0n) is 9.46. The van der Waals surface area contributed by atoms with Crippen LogP contribution in [-0.4, -0.2) is 25.3 Å². The van der Waals surface area contributed by atoms with Crippen molar-refractivity contribution >= 4 is 17.3 Å². The quantitative estimate of drug-likeness (QED) is 0.631. The number of alkyl halides is 3. The molecule has 3 N–H and O–H groups in total. The fourth-order valence-corrected chi connectivity index (χ4v) is 1.17. The van der Waals surface area contributed by atoms with E-state index in [9.17, 15) is 18.0 Å². The Morgan fingerprint density at radius 3 is 2.72 bits per heavy atom. The standard InChI is InChI=1S/C11H13F3N2O2/c12-11(13,14)4-5-18-7-10(17)16-9-3-1-2-8(15)6-9/h1-3,6H,4-5,7,15H2,(H,16,17). The molecule has 0 unspecified atom stereocenters. The number of nitrogens with two attached hydrogens (primary N) is 1. The van der Waals surface area contributed by atoms with E-state index in [0.29, 0.717) is 11.4 Å². The molecule has 0 aromatic heterocycles. The van der Waals surface area contributed by atoms with E-state index in [2.05, 4.69) is 10.1 Å². The zero-order valence-corrected chi connectivity index (χ0v) is 9.46. The van der Waals surface area contributed by atoms with Crippen molar-refractivity contribution < 1.29 is 22.7 Å². The van der Waals surface area contributed by atoms with Gasteiger partial charge in [0.1, 0.15) is 6.61 Å². The monoisotopic (exact) mass is 262 g/mol. The first-order valence-corrected chi connectivity index (χ1v) is 5.17. The van der Waals surface area contributed by atoms with Gasteiger partial charge in [-0.3, -0.25) is 4.79 Å². The molecule has 0 fully saturated rings. The molecule has 0 heterocycles. The summed E-state index contributed by atoms with van der Waals surface area (Å²) in [5, 5.41) is 2.46. The number of carbonyl (C=O) groups excluding carboxylic acids is 1. The Morgan fingerprint density at radius 2 is 2.11 bits per heavy atom. The van der Waals surface area contributed by atoms with Crippen LogP contribution in [0.5, 0.6) is 0 Å². The van der Waals surface area contributed by atoms with Crippen LogP contribution < -0.4 is 11.1 Å². The number of ether oxygens (including phenoxy) is 1. The highest BCUT2D eigenvalue weighted by molar-refractivity contribution is 5.92. The van der Waals surface area contributed by atoms with Crippen LogP contribution in [0.4, 0.5) is 24.5 Å². The van der Waals surface area contributed by atoms with Crippen LogP contribution >= 0.6 is 0 Å². The van der Waals surface area contributed by atoms with E-state index in [1.165, 1.54) is 6.07 Å². The maximum atomic E-state index is 11.8. The molecule has 1 amide bonds. The minimum Gasteiger partial charge on any atom is -0.399 e. The Labute approximate surface area is 102 Å². The molecular weight excluding hydrogens is 249 g/mol. The number of rotatable bonds is 5. The van der Waals surface area contributed by atoms with Gasteiger partial charge in [-0.15, -0.1) is 0 Å². The van der Waals surface area contributed by atoms with Crippen LogP contribution in [-0.2, 0) is 9.53 Å². The van der Waals surface area contributed by atoms with Crippen molar-refractivity contribution in [3.63, 3.8) is 0 Å². The van der Waals surface area contributed by atoms with Gasteiger partial charge in [-0.2, -0.15) is 13.2 Å². The molecule has 1 aromatic carbocycles. The molecule has 0 saturated heterocycles. The second-order valence-electron chi connectivity index (χ2n) is 3.59. The van der Waals surface area contributed by atoms with Gasteiger partial charge >= 0.3 is 6.18 Å². The number of carbonyl (C=O) groups is 1. The van der Waals surface area contributed by atoms with Crippen molar-refractivity contribution in [3.05, 3.63) is 24.3 Å². The summed E-state index contributed by atoms with van der Waals surface area (Å²) in [5.74, 6) is -0.525. The van der Waals surface area contributed by atoms with E-state index >= 15 is 0 Å². The predicted molar refractivity (Wildman–Crippen MR) is 61.0 cm³/mol. The van der Waals surface area contributed by atoms with E-state index in [0.717, 1.165) is 0 Å². The van der Waals surface area contributed by atoms with Gasteiger partial charge in [-0.1, -0.05) is 6.07 Å². The summed E-state index contributed by atoms with van der Waals surface area (Å²) in [6.45, 7) is -0.960. The minimum atomic E-state index is -4.27. The van der Waals surface area contributed by atoms with E-state index < -0.39 is 31.7 Å². The van der Waals surface area contributed by atoms with E-state index in [-0.39, 0.29) is 0 Å². The molecular formula is C11H13F3N2O2. The first-order chi connectivity index (χ1) is 8.37. The maximum absolute atomic E-state index is 11.8. The van der Waals surface area contributed by atoms with E-state index in [1.54, 1.807) is 18.2 Å². The lowest BCUT2D eigenvalue weighted by atomic mass is 10.3. The van der Waals surface area contributed by atoms with Gasteiger partial charge in [-0.05, 0) is 18.2 Å². The van der Waals surface area contributed by atoms with Crippen molar-refractivity contribution in [3.8, 4) is 0 Å². The van der Waals surface area contributed by atoms with Crippen LogP contribution in [0.3, 0.4) is 0 Å². The fourth-order valence-electron chi connectivity index (χ4n) is 1.17. The molecule has 1 rings (SSSR count). The van der Waals surface area contributed by atoms with Crippen LogP contribution in [0.25, 0.3) is 0 Å². The van der Waals surface area contributed by atoms with Crippen molar-refractivity contribution in [1.82, 2.24) is 0 Å². The molecule has 100 valence electrons. The maximum Gasteiger partial charge on any atom is 0.391 e. The molecule has 1 aromatic rings. The Kier molecular flexibility index (Phi) is 4.96. The van der Waals surface area contributed by atoms with Crippen molar-refractivity contribution in [1.29, 1.82) is 0 Å². The summed E-state index contributed by atoms with van der Waals surface area (Å²) >= 11 is 0. The number of nitrogens with one attached hydrogen (secondary N) is 1. The number of halogens is 3. The number of anilines is 2. The van der Waals surface area contributed by atoms with Gasteiger partial charge in [0.15, 0.2) is 0 Å². The normalized spacial score (nSPS) is 11.3. The Bertz CT molecular complexity index is 408. The molecule has 0 bridgehead atoms. The molecule has 0 saturated carbocycles. The van der Waals surface area contributed by atoms with Crippen molar-refractivity contribution in [2.24, 2.45) is 0 Å². The molecule has 0 aliphatic rings. The third-order valence-electron chi connectivity index (χ3n) is 1.93. The summed E-state index contributed by atoms with van der Waals surface area (Å²) < 4.78 is 39.9. The van der Waals surface area contributed by atoms with E-state index in [1.807, 2.05) is 0 Å². The van der Waals surface area contributed by atoms with Gasteiger partial charge in [-0.25, -0.2) is 0 Å². The van der Waals surface area contributed by atoms with Gasteiger partial charge < -0.3 is 15.8 Å². The van der Waals surface area contributed by atoms with Crippen molar-refractivity contribution in [2.45, 2.75) is 12.6 Å². The number of benzene rings is 1. The second kappa shape index (κ2) is 6.25. The minimum absolute atomic E-state index is 0.426. The number of amides is 1. The number of hydrogen-bond acceptors (Lipinski definition) is 3. The highest BCUT2D eigenvalue weighted by atomic mass is 19.4. The second-order valence-corrected chi connectivity index (χ2v) is 3.59. The van der Waals surface area contributed by atoms with E-state index in [4.69, 9.17) is 5.73 Å². The average Bonchev–Trinajstić information content (AvgIpc) is 2.23. The molecule has 0 aliphatic carbocycles. The van der Waals surface area contributed by atoms with Gasteiger partial charge in [0.25, 0.3) is 0 Å². The van der Waals surface area contributed by atoms with Crippen LogP contribution in [0.1, 0.15) is 6.42 Å². The molecule has 18 heavy (non-hydrogen) atoms. The van der Waals surface area contributed by atoms with Crippen LogP contribution in [0.2, 0.25) is 0 Å². The van der Waals surface area contributed by atoms with Crippen LogP contribution in [0, 0.1) is 0 Å². The Balaban J connectivity index is 2.26. The highest BCUT2D eigenvalue weighted by Gasteiger charge is 2.26. The third kappa shape index (κ3) is 6.09. The predicted octanol–water partition coefficient (Wildman–Crippen LogP) is 2.18. The Hall–Kier alpha value is -1.76. The molecule has 4 nitrogen and oxygen atoms in total. The van der Waals surface area contributed by atoms with Crippen molar-refractivity contribution in [2.75, 3.05) is 24.3 Å². The average molecular weight is 262 g/mol. The molecule has 0 atom stereocenters. The molecule has 0 radical (unpaired) electrons. The SMILES string of the molecule is Nc1cccc(NC(=O)COCCC(F)(F)F)c1. The number of hydrogen-bond donors (Lipinski definition) is 2. The first kappa shape index (κ1) is 14.3. The first-order valence-electron chi connectivity index (χ1n) is 5.17. The smallest absolute Gasteiger partial charge is 0.391 e. The van der Waals surface area contributed by atoms with Gasteiger partial charge in [0.2, 0.25) is 5.91 Å². The summed E-state index contributed by atoms with van der Waals surface area (Å²) in [4.78, 5) is 11.3. The summed E-state index contributed by atoms with van der Waals surface area (Å²) in [5.41, 5.74) is 6.45. The topological polar surface area (TPSA) is 64.3 Å². The molecule has 0 spiro atoms. The molecule has 7 heteroatoms. The summed E-state index contributed by atoms with van der Waals surface area (Å²) in [7, 11) is 0. The molecule has 0 aliphatic heterocycles. The lowest BCUT2D eigenvalue weighted by molar-refractivity contribution is -0.147. The summed E-state index contributed by atoms with van der Waals surface area (Å²) in [6.07, 6.45) is -5.34. The highest BCUT2D eigenvalue weighted by Crippen LogP contribution is 2.18. The lowest BCUT2D eigenvalue weighted by Crippen LogP contribution is -2.20. The largest absolute Gasteiger partial charge is 0.399 e. The Morgan fingerprint density at radius 1 is 1.39 bits per heavy atom. The zero-order chi connectivity index (χ0) is 13.6. The lowest BCUT2D eigenvalue weighted by Gasteiger charge is -2.08. The third-order valence-corrected chi connectivity index (χ3v) is 1.93. The summed E-state index contributed by atoms with van der Waals surface area (Å²) in [6, 6.07) is 6.45. The van der Waals surface area contributed by atoms with Crippen LogP contribution in [0.15, 0.2) is 24.3 Å². The fraction of sp³-hybridized carbons (Fsp3) is 0.364. The van der Waals surface area contributed by atoms with Gasteiger partial charge in [0.05, 0.1) is 13.0 Å². The van der Waals surface area contributed by atoms with Gasteiger partial charge in [0, 0.05) is 11.4 Å². The number of nitrogen functional groups attached to an aromatic ring is 1.